The number of aliphatic hydroxyl groups excluding tert-OH is 1. The van der Waals surface area contributed by atoms with Crippen LogP contribution in [0.15, 0.2) is 23.1 Å². The van der Waals surface area contributed by atoms with E-state index in [1.54, 1.807) is 6.07 Å². The third kappa shape index (κ3) is 4.26. The fraction of sp³-hybridized carbons (Fsp3) is 0.538. The molecule has 2 atom stereocenters. The molecular weight excluding hydrogens is 310 g/mol. The minimum Gasteiger partial charge on any atom is -0.397 e. The first kappa shape index (κ1) is 18.1. The molecule has 0 aliphatic carbocycles. The van der Waals surface area contributed by atoms with Crippen molar-refractivity contribution in [2.45, 2.75) is 23.1 Å². The summed E-state index contributed by atoms with van der Waals surface area (Å²) in [4.78, 5) is 0.182. The summed E-state index contributed by atoms with van der Waals surface area (Å²) in [5, 5.41) is 12.5. The van der Waals surface area contributed by atoms with Crippen LogP contribution in [-0.2, 0) is 10.0 Å². The predicted molar refractivity (Wildman–Crippen MR) is 89.2 cm³/mol. The molecule has 0 aliphatic rings. The normalized spacial score (nSPS) is 15.0. The van der Waals surface area contributed by atoms with Crippen LogP contribution < -0.4 is 11.1 Å². The maximum atomic E-state index is 12.1. The van der Waals surface area contributed by atoms with E-state index in [4.69, 9.17) is 5.73 Å². The summed E-state index contributed by atoms with van der Waals surface area (Å²) in [6.45, 7) is 1.95. The quantitative estimate of drug-likeness (QED) is 0.645. The van der Waals surface area contributed by atoms with E-state index >= 15 is 0 Å². The second kappa shape index (κ2) is 7.35. The fourth-order valence-electron chi connectivity index (χ4n) is 1.81. The first-order valence-corrected chi connectivity index (χ1v) is 9.19. The predicted octanol–water partition coefficient (Wildman–Crippen LogP) is 1.04. The van der Waals surface area contributed by atoms with Crippen molar-refractivity contribution in [2.75, 3.05) is 38.0 Å². The van der Waals surface area contributed by atoms with Gasteiger partial charge in [0.1, 0.15) is 0 Å². The Morgan fingerprint density at radius 1 is 1.43 bits per heavy atom. The van der Waals surface area contributed by atoms with Crippen LogP contribution in [-0.4, -0.2) is 56.1 Å². The third-order valence-corrected chi connectivity index (χ3v) is 6.20. The Labute approximate surface area is 130 Å². The Morgan fingerprint density at radius 2 is 2.05 bits per heavy atom. The molecule has 2 unspecified atom stereocenters. The zero-order valence-electron chi connectivity index (χ0n) is 12.7. The summed E-state index contributed by atoms with van der Waals surface area (Å²) in [5.74, 6) is 0. The Morgan fingerprint density at radius 3 is 2.52 bits per heavy atom. The molecule has 1 aromatic carbocycles. The molecule has 120 valence electrons. The standard InChI is InChI=1S/C13H23N3O3S2/c1-9(13(8-17)20-4)15-12-7-10(5-6-11(12)14)21(18,19)16(2)3/h5-7,9,13,15,17H,8,14H2,1-4H3. The van der Waals surface area contributed by atoms with Crippen LogP contribution >= 0.6 is 11.8 Å². The number of sulfonamides is 1. The highest BCUT2D eigenvalue weighted by Gasteiger charge is 2.20. The highest BCUT2D eigenvalue weighted by atomic mass is 32.2. The first-order chi connectivity index (χ1) is 9.73. The van der Waals surface area contributed by atoms with Crippen molar-refractivity contribution in [3.8, 4) is 0 Å². The molecule has 0 aromatic heterocycles. The van der Waals surface area contributed by atoms with Gasteiger partial charge in [0.15, 0.2) is 0 Å². The third-order valence-electron chi connectivity index (χ3n) is 3.23. The topological polar surface area (TPSA) is 95.7 Å². The monoisotopic (exact) mass is 333 g/mol. The number of aliphatic hydroxyl groups is 1. The number of nitrogens with one attached hydrogen (secondary N) is 1. The smallest absolute Gasteiger partial charge is 0.242 e. The molecule has 0 radical (unpaired) electrons. The van der Waals surface area contributed by atoms with Crippen molar-refractivity contribution in [3.63, 3.8) is 0 Å². The van der Waals surface area contributed by atoms with Crippen LogP contribution in [0.1, 0.15) is 6.92 Å². The van der Waals surface area contributed by atoms with Crippen LogP contribution in [0.3, 0.4) is 0 Å². The second-order valence-electron chi connectivity index (χ2n) is 4.93. The average molecular weight is 333 g/mol. The molecule has 1 rings (SSSR count). The highest BCUT2D eigenvalue weighted by Crippen LogP contribution is 2.26. The minimum absolute atomic E-state index is 0.00138. The maximum absolute atomic E-state index is 12.1. The first-order valence-electron chi connectivity index (χ1n) is 6.46. The van der Waals surface area contributed by atoms with Crippen molar-refractivity contribution >= 4 is 33.2 Å². The number of nitrogens with two attached hydrogens (primary N) is 1. The summed E-state index contributed by atoms with van der Waals surface area (Å²) < 4.78 is 25.4. The van der Waals surface area contributed by atoms with Crippen LogP contribution in [0.25, 0.3) is 0 Å². The molecule has 8 heteroatoms. The van der Waals surface area contributed by atoms with Gasteiger partial charge in [-0.15, -0.1) is 0 Å². The van der Waals surface area contributed by atoms with Crippen LogP contribution in [0.4, 0.5) is 11.4 Å². The van der Waals surface area contributed by atoms with E-state index in [1.807, 2.05) is 13.2 Å². The molecule has 0 saturated carbocycles. The van der Waals surface area contributed by atoms with Gasteiger partial charge in [-0.3, -0.25) is 0 Å². The lowest BCUT2D eigenvalue weighted by Gasteiger charge is -2.23. The van der Waals surface area contributed by atoms with E-state index in [9.17, 15) is 13.5 Å². The van der Waals surface area contributed by atoms with Crippen molar-refractivity contribution in [1.82, 2.24) is 4.31 Å². The van der Waals surface area contributed by atoms with Gasteiger partial charge in [-0.1, -0.05) is 0 Å². The van der Waals surface area contributed by atoms with Crippen molar-refractivity contribution in [2.24, 2.45) is 0 Å². The van der Waals surface area contributed by atoms with Gasteiger partial charge in [-0.05, 0) is 31.4 Å². The molecule has 0 saturated heterocycles. The van der Waals surface area contributed by atoms with Crippen LogP contribution in [0.2, 0.25) is 0 Å². The summed E-state index contributed by atoms with van der Waals surface area (Å²) in [6.07, 6.45) is 1.91. The number of nitrogens with zero attached hydrogens (tertiary/aromatic N) is 1. The highest BCUT2D eigenvalue weighted by molar-refractivity contribution is 7.99. The summed E-state index contributed by atoms with van der Waals surface area (Å²) in [5.41, 5.74) is 6.92. The number of hydrogen-bond donors (Lipinski definition) is 3. The Hall–Kier alpha value is -0.960. The molecule has 0 amide bonds. The van der Waals surface area contributed by atoms with Gasteiger partial charge in [0.2, 0.25) is 10.0 Å². The largest absolute Gasteiger partial charge is 0.397 e. The molecule has 0 aliphatic heterocycles. The number of hydrogen-bond acceptors (Lipinski definition) is 6. The lowest BCUT2D eigenvalue weighted by molar-refractivity contribution is 0.288. The lowest BCUT2D eigenvalue weighted by atomic mass is 10.2. The SMILES string of the molecule is CSC(CO)C(C)Nc1cc(S(=O)(=O)N(C)C)ccc1N. The van der Waals surface area contributed by atoms with E-state index in [2.05, 4.69) is 5.32 Å². The zero-order valence-corrected chi connectivity index (χ0v) is 14.3. The Bertz CT molecular complexity index is 572. The van der Waals surface area contributed by atoms with Gasteiger partial charge in [0.05, 0.1) is 22.9 Å². The van der Waals surface area contributed by atoms with Gasteiger partial charge >= 0.3 is 0 Å². The van der Waals surface area contributed by atoms with Crippen molar-refractivity contribution < 1.29 is 13.5 Å². The fourth-order valence-corrected chi connectivity index (χ4v) is 3.36. The molecule has 0 fully saturated rings. The Balaban J connectivity index is 3.09. The van der Waals surface area contributed by atoms with Crippen molar-refractivity contribution in [3.05, 3.63) is 18.2 Å². The van der Waals surface area contributed by atoms with Gasteiger partial charge in [0, 0.05) is 25.4 Å². The number of anilines is 2. The van der Waals surface area contributed by atoms with E-state index in [1.165, 1.54) is 38.0 Å². The average Bonchev–Trinajstić information content (AvgIpc) is 2.42. The molecule has 6 nitrogen and oxygen atoms in total. The Kier molecular flexibility index (Phi) is 6.33. The molecule has 0 spiro atoms. The van der Waals surface area contributed by atoms with Gasteiger partial charge in [-0.25, -0.2) is 12.7 Å². The number of nitrogen functional groups attached to an aromatic ring is 1. The number of benzene rings is 1. The minimum atomic E-state index is -3.50. The van der Waals surface area contributed by atoms with E-state index in [-0.39, 0.29) is 22.8 Å². The van der Waals surface area contributed by atoms with E-state index in [0.29, 0.717) is 11.4 Å². The molecule has 1 aromatic rings. The van der Waals surface area contributed by atoms with E-state index < -0.39 is 10.0 Å². The molecule has 0 bridgehead atoms. The maximum Gasteiger partial charge on any atom is 0.242 e. The van der Waals surface area contributed by atoms with Crippen LogP contribution in [0, 0.1) is 0 Å². The molecule has 21 heavy (non-hydrogen) atoms. The number of thioether (sulfide) groups is 1. The van der Waals surface area contributed by atoms with Gasteiger partial charge in [0.25, 0.3) is 0 Å². The summed E-state index contributed by atoms with van der Waals surface area (Å²) in [6, 6.07) is 4.53. The van der Waals surface area contributed by atoms with E-state index in [0.717, 1.165) is 4.31 Å². The molecular formula is C13H23N3O3S2. The lowest BCUT2D eigenvalue weighted by Crippen LogP contribution is -2.31. The van der Waals surface area contributed by atoms with Crippen molar-refractivity contribution in [1.29, 1.82) is 0 Å². The number of rotatable bonds is 7. The second-order valence-corrected chi connectivity index (χ2v) is 8.15. The van der Waals surface area contributed by atoms with Gasteiger partial charge in [-0.2, -0.15) is 11.8 Å². The van der Waals surface area contributed by atoms with Gasteiger partial charge < -0.3 is 16.2 Å². The molecule has 0 heterocycles. The summed E-state index contributed by atoms with van der Waals surface area (Å²) in [7, 11) is -0.534. The zero-order chi connectivity index (χ0) is 16.2. The van der Waals surface area contributed by atoms with Crippen LogP contribution in [0.5, 0.6) is 0 Å². The molecule has 4 N–H and O–H groups in total. The summed E-state index contributed by atoms with van der Waals surface area (Å²) >= 11 is 1.54.